The summed E-state index contributed by atoms with van der Waals surface area (Å²) in [6.45, 7) is 0. The number of pyridine rings is 1. The normalized spacial score (nSPS) is 9.47. The Morgan fingerprint density at radius 2 is 1.87 bits per heavy atom. The molecule has 1 aromatic carbocycles. The average molecular weight is 238 g/mol. The molecule has 1 nitrogen and oxygen atoms in total. The van der Waals surface area contributed by atoms with Crippen molar-refractivity contribution >= 4 is 0 Å². The van der Waals surface area contributed by atoms with Crippen molar-refractivity contribution in [3.05, 3.63) is 54.2 Å². The number of hydrogen-bond acceptors (Lipinski definition) is 1. The third-order valence-electron chi connectivity index (χ3n) is 1.80. The van der Waals surface area contributed by atoms with Crippen LogP contribution in [0.25, 0.3) is 11.3 Å². The molecule has 0 aliphatic carbocycles. The second-order valence-corrected chi connectivity index (χ2v) is 2.75. The molecule has 0 aliphatic heterocycles. The van der Waals surface area contributed by atoms with E-state index in [2.05, 4.69) is 4.98 Å². The molecular formula is C11H6F2NTi-. The van der Waals surface area contributed by atoms with Crippen molar-refractivity contribution in [3.63, 3.8) is 0 Å². The third kappa shape index (κ3) is 2.70. The Hall–Kier alpha value is -1.06. The standard InChI is InChI=1S/C11H6F2N.Ti/c12-8-4-5-9(10(13)7-8)11-3-1-2-6-14-11;/h1-6H;/q-1;. The first-order valence-electron chi connectivity index (χ1n) is 4.06. The summed E-state index contributed by atoms with van der Waals surface area (Å²) in [4.78, 5) is 3.96. The summed E-state index contributed by atoms with van der Waals surface area (Å²) in [5, 5.41) is 0. The van der Waals surface area contributed by atoms with Gasteiger partial charge in [0.05, 0.1) is 0 Å². The van der Waals surface area contributed by atoms with Crippen LogP contribution in [0, 0.1) is 17.7 Å². The summed E-state index contributed by atoms with van der Waals surface area (Å²) in [6.07, 6.45) is 1.55. The number of rotatable bonds is 1. The Morgan fingerprint density at radius 3 is 2.47 bits per heavy atom. The summed E-state index contributed by atoms with van der Waals surface area (Å²) in [7, 11) is 0. The summed E-state index contributed by atoms with van der Waals surface area (Å²) >= 11 is 0. The summed E-state index contributed by atoms with van der Waals surface area (Å²) < 4.78 is 25.7. The zero-order valence-corrected chi connectivity index (χ0v) is 9.23. The van der Waals surface area contributed by atoms with Gasteiger partial charge in [0.15, 0.2) is 0 Å². The zero-order valence-electron chi connectivity index (χ0n) is 7.67. The number of nitrogens with zero attached hydrogens (tertiary/aromatic N) is 1. The SMILES string of the molecule is Fc1[c-]c(F)c(-c2ccccn2)cc1.[Ti]. The van der Waals surface area contributed by atoms with Crippen molar-refractivity contribution in [2.75, 3.05) is 0 Å². The van der Waals surface area contributed by atoms with Crippen LogP contribution in [0.1, 0.15) is 0 Å². The molecule has 1 heterocycles. The number of hydrogen-bond donors (Lipinski definition) is 0. The Labute approximate surface area is 101 Å². The van der Waals surface area contributed by atoms with Gasteiger partial charge in [-0.05, 0) is 12.1 Å². The van der Waals surface area contributed by atoms with Gasteiger partial charge in [-0.1, -0.05) is 11.6 Å². The molecule has 0 unspecified atom stereocenters. The molecule has 0 saturated carbocycles. The number of halogens is 2. The molecule has 0 amide bonds. The Morgan fingerprint density at radius 1 is 1.07 bits per heavy atom. The molecule has 0 aliphatic rings. The van der Waals surface area contributed by atoms with E-state index in [4.69, 9.17) is 0 Å². The Kier molecular flexibility index (Phi) is 4.12. The van der Waals surface area contributed by atoms with Crippen LogP contribution in [0.4, 0.5) is 8.78 Å². The molecule has 0 N–H and O–H groups in total. The van der Waals surface area contributed by atoms with E-state index in [1.54, 1.807) is 24.4 Å². The topological polar surface area (TPSA) is 12.9 Å². The fraction of sp³-hybridized carbons (Fsp3) is 0. The first-order chi connectivity index (χ1) is 6.77. The molecule has 2 rings (SSSR count). The molecule has 0 atom stereocenters. The quantitative estimate of drug-likeness (QED) is 0.549. The molecule has 4 heteroatoms. The van der Waals surface area contributed by atoms with Gasteiger partial charge in [0, 0.05) is 45.2 Å². The Bertz CT molecular complexity index is 446. The molecule has 0 radical (unpaired) electrons. The molecule has 2 aromatic rings. The van der Waals surface area contributed by atoms with E-state index in [9.17, 15) is 8.78 Å². The van der Waals surface area contributed by atoms with Crippen molar-refractivity contribution in [1.82, 2.24) is 4.98 Å². The smallest absolute Gasteiger partial charge is 0.0262 e. The van der Waals surface area contributed by atoms with E-state index >= 15 is 0 Å². The third-order valence-corrected chi connectivity index (χ3v) is 1.80. The maximum absolute atomic E-state index is 13.2. The molecule has 15 heavy (non-hydrogen) atoms. The van der Waals surface area contributed by atoms with Gasteiger partial charge in [-0.15, -0.1) is 12.1 Å². The first-order valence-corrected chi connectivity index (χ1v) is 4.06. The average Bonchev–Trinajstić information content (AvgIpc) is 2.19. The summed E-state index contributed by atoms with van der Waals surface area (Å²) in [5.41, 5.74) is 0.730. The van der Waals surface area contributed by atoms with Gasteiger partial charge in [0.1, 0.15) is 0 Å². The van der Waals surface area contributed by atoms with Gasteiger partial charge >= 0.3 is 0 Å². The predicted molar refractivity (Wildman–Crippen MR) is 48.4 cm³/mol. The van der Waals surface area contributed by atoms with Gasteiger partial charge in [-0.25, -0.2) is 8.78 Å². The fourth-order valence-corrected chi connectivity index (χ4v) is 1.16. The predicted octanol–water partition coefficient (Wildman–Crippen LogP) is 2.82. The van der Waals surface area contributed by atoms with Crippen molar-refractivity contribution in [3.8, 4) is 11.3 Å². The van der Waals surface area contributed by atoms with Crippen LogP contribution in [-0.2, 0) is 21.7 Å². The van der Waals surface area contributed by atoms with Gasteiger partial charge in [-0.3, -0.25) is 4.98 Å². The minimum atomic E-state index is -0.719. The van der Waals surface area contributed by atoms with Crippen molar-refractivity contribution < 1.29 is 30.5 Å². The molecular weight excluding hydrogens is 232 g/mol. The molecule has 0 fully saturated rings. The fourth-order valence-electron chi connectivity index (χ4n) is 1.16. The van der Waals surface area contributed by atoms with E-state index < -0.39 is 11.6 Å². The largest absolute Gasteiger partial charge is 0.269 e. The molecule has 74 valence electrons. The molecule has 1 aromatic heterocycles. The van der Waals surface area contributed by atoms with Gasteiger partial charge < -0.3 is 0 Å². The molecule has 0 saturated heterocycles. The number of benzene rings is 1. The second-order valence-electron chi connectivity index (χ2n) is 2.75. The van der Waals surface area contributed by atoms with Crippen LogP contribution in [0.15, 0.2) is 36.5 Å². The monoisotopic (exact) mass is 238 g/mol. The van der Waals surface area contributed by atoms with Crippen molar-refractivity contribution in [2.45, 2.75) is 0 Å². The zero-order chi connectivity index (χ0) is 9.97. The van der Waals surface area contributed by atoms with Gasteiger partial charge in [0.25, 0.3) is 0 Å². The maximum atomic E-state index is 13.2. The van der Waals surface area contributed by atoms with Crippen LogP contribution in [0.2, 0.25) is 0 Å². The maximum Gasteiger partial charge on any atom is 0.0262 e. The van der Waals surface area contributed by atoms with E-state index in [0.29, 0.717) is 5.69 Å². The summed E-state index contributed by atoms with van der Waals surface area (Å²) in [6, 6.07) is 9.60. The van der Waals surface area contributed by atoms with Crippen molar-refractivity contribution in [2.24, 2.45) is 0 Å². The van der Waals surface area contributed by atoms with E-state index in [0.717, 1.165) is 6.07 Å². The van der Waals surface area contributed by atoms with E-state index in [1.165, 1.54) is 6.07 Å². The van der Waals surface area contributed by atoms with Crippen molar-refractivity contribution in [1.29, 1.82) is 0 Å². The van der Waals surface area contributed by atoms with Crippen LogP contribution >= 0.6 is 0 Å². The number of aromatic nitrogens is 1. The van der Waals surface area contributed by atoms with E-state index in [1.807, 2.05) is 6.07 Å². The molecule has 0 bridgehead atoms. The first kappa shape index (κ1) is 12.0. The van der Waals surface area contributed by atoms with Crippen LogP contribution < -0.4 is 0 Å². The minimum absolute atomic E-state index is 0. The minimum Gasteiger partial charge on any atom is -0.269 e. The van der Waals surface area contributed by atoms with Crippen LogP contribution in [0.3, 0.4) is 0 Å². The molecule has 0 spiro atoms. The second kappa shape index (κ2) is 5.15. The Balaban J connectivity index is 0.00000112. The van der Waals surface area contributed by atoms with Crippen LogP contribution in [0.5, 0.6) is 0 Å². The van der Waals surface area contributed by atoms with Gasteiger partial charge in [-0.2, -0.15) is 6.07 Å². The van der Waals surface area contributed by atoms with Crippen LogP contribution in [-0.4, -0.2) is 4.98 Å². The van der Waals surface area contributed by atoms with E-state index in [-0.39, 0.29) is 27.3 Å². The summed E-state index contributed by atoms with van der Waals surface area (Å²) in [5.74, 6) is -1.43. The van der Waals surface area contributed by atoms with Gasteiger partial charge in [0.2, 0.25) is 0 Å².